The molecule has 1 aromatic rings. The Morgan fingerprint density at radius 2 is 1.29 bits per heavy atom. The zero-order valence-electron chi connectivity index (χ0n) is 15.2. The molecular weight excluding hydrogens is 339 g/mol. The van der Waals surface area contributed by atoms with Crippen LogP contribution in [-0.4, -0.2) is 21.9 Å². The number of halogens is 1. The minimum atomic E-state index is -1.53. The fourth-order valence-corrected chi connectivity index (χ4v) is 4.00. The Kier molecular flexibility index (Phi) is 15.1. The van der Waals surface area contributed by atoms with Crippen LogP contribution in [0.5, 0.6) is 0 Å². The maximum atomic E-state index is 10.1. The van der Waals surface area contributed by atoms with Gasteiger partial charge in [0.1, 0.15) is 0 Å². The van der Waals surface area contributed by atoms with E-state index < -0.39 is 5.53 Å². The van der Waals surface area contributed by atoms with Gasteiger partial charge in [0, 0.05) is 6.42 Å². The topological polar surface area (TPSA) is 40.5 Å². The highest BCUT2D eigenvalue weighted by molar-refractivity contribution is 7.39. The van der Waals surface area contributed by atoms with Gasteiger partial charge in [-0.3, -0.25) is 0 Å². The van der Waals surface area contributed by atoms with E-state index in [4.69, 9.17) is 0 Å². The van der Waals surface area contributed by atoms with Crippen LogP contribution in [-0.2, 0) is 6.42 Å². The molecular formula is C20H36ClO2P. The smallest absolute Gasteiger partial charge is 0.182 e. The van der Waals surface area contributed by atoms with Crippen molar-refractivity contribution < 1.29 is 10.2 Å². The summed E-state index contributed by atoms with van der Waals surface area (Å²) in [6.45, 7) is 2.26. The Balaban J connectivity index is 0.00000529. The van der Waals surface area contributed by atoms with Gasteiger partial charge in [-0.1, -0.05) is 104 Å². The lowest BCUT2D eigenvalue weighted by atomic mass is 10.1. The molecule has 0 radical (unpaired) electrons. The molecule has 0 aliphatic rings. The molecule has 0 aliphatic heterocycles. The SMILES string of the molecule is CCCCCCCCCCCCPC(O)(O)Cc1ccccc1.Cl. The van der Waals surface area contributed by atoms with Crippen LogP contribution in [0.4, 0.5) is 0 Å². The van der Waals surface area contributed by atoms with Crippen LogP contribution in [0.15, 0.2) is 30.3 Å². The minimum Gasteiger partial charge on any atom is -0.362 e. The summed E-state index contributed by atoms with van der Waals surface area (Å²) in [7, 11) is 0.208. The van der Waals surface area contributed by atoms with Crippen molar-refractivity contribution in [2.75, 3.05) is 6.16 Å². The first-order valence-corrected chi connectivity index (χ1v) is 10.6. The average Bonchev–Trinajstić information content (AvgIpc) is 2.53. The van der Waals surface area contributed by atoms with Crippen molar-refractivity contribution >= 4 is 21.0 Å². The Morgan fingerprint density at radius 1 is 0.792 bits per heavy atom. The Labute approximate surface area is 156 Å². The molecule has 0 aromatic heterocycles. The zero-order chi connectivity index (χ0) is 16.8. The lowest BCUT2D eigenvalue weighted by Gasteiger charge is -2.21. The molecule has 2 nitrogen and oxygen atoms in total. The fourth-order valence-electron chi connectivity index (χ4n) is 2.84. The second-order valence-electron chi connectivity index (χ2n) is 6.59. The average molecular weight is 375 g/mol. The molecule has 1 unspecified atom stereocenters. The number of rotatable bonds is 14. The third kappa shape index (κ3) is 13.2. The van der Waals surface area contributed by atoms with Crippen molar-refractivity contribution in [3.8, 4) is 0 Å². The van der Waals surface area contributed by atoms with Crippen molar-refractivity contribution in [1.29, 1.82) is 0 Å². The van der Waals surface area contributed by atoms with E-state index in [-0.39, 0.29) is 21.0 Å². The Hall–Kier alpha value is -0.140. The van der Waals surface area contributed by atoms with E-state index in [0.717, 1.165) is 18.1 Å². The molecule has 0 saturated heterocycles. The highest BCUT2D eigenvalue weighted by atomic mass is 35.5. The van der Waals surface area contributed by atoms with Crippen LogP contribution in [0, 0.1) is 0 Å². The van der Waals surface area contributed by atoms with E-state index in [2.05, 4.69) is 6.92 Å². The van der Waals surface area contributed by atoms with E-state index in [1.54, 1.807) is 0 Å². The van der Waals surface area contributed by atoms with Crippen molar-refractivity contribution in [2.24, 2.45) is 0 Å². The number of hydrogen-bond donors (Lipinski definition) is 2. The van der Waals surface area contributed by atoms with Crippen LogP contribution in [0.3, 0.4) is 0 Å². The van der Waals surface area contributed by atoms with Gasteiger partial charge in [-0.05, 0) is 18.1 Å². The van der Waals surface area contributed by atoms with Crippen LogP contribution >= 0.6 is 21.0 Å². The maximum absolute atomic E-state index is 10.1. The van der Waals surface area contributed by atoms with E-state index in [9.17, 15) is 10.2 Å². The maximum Gasteiger partial charge on any atom is 0.182 e. The summed E-state index contributed by atoms with van der Waals surface area (Å²) in [5.41, 5.74) is -0.534. The molecule has 0 heterocycles. The molecule has 0 aliphatic carbocycles. The molecule has 0 saturated carbocycles. The third-order valence-corrected chi connectivity index (χ3v) is 5.58. The molecule has 1 aromatic carbocycles. The Morgan fingerprint density at radius 3 is 1.83 bits per heavy atom. The van der Waals surface area contributed by atoms with E-state index in [1.807, 2.05) is 30.3 Å². The molecule has 2 N–H and O–H groups in total. The number of benzene rings is 1. The fraction of sp³-hybridized carbons (Fsp3) is 0.700. The molecule has 0 spiro atoms. The summed E-state index contributed by atoms with van der Waals surface area (Å²) >= 11 is 0. The largest absolute Gasteiger partial charge is 0.362 e. The molecule has 0 amide bonds. The molecule has 24 heavy (non-hydrogen) atoms. The first-order valence-electron chi connectivity index (χ1n) is 9.38. The highest BCUT2D eigenvalue weighted by Crippen LogP contribution is 2.31. The molecule has 4 heteroatoms. The Bertz CT molecular complexity index is 384. The van der Waals surface area contributed by atoms with Crippen molar-refractivity contribution in [3.63, 3.8) is 0 Å². The first-order chi connectivity index (χ1) is 11.1. The second-order valence-corrected chi connectivity index (χ2v) is 8.24. The van der Waals surface area contributed by atoms with Crippen molar-refractivity contribution in [3.05, 3.63) is 35.9 Å². The van der Waals surface area contributed by atoms with Crippen LogP contribution in [0.2, 0.25) is 0 Å². The third-order valence-electron chi connectivity index (χ3n) is 4.23. The standard InChI is InChI=1S/C20H35O2P.ClH/c1-2-3-4-5-6-7-8-9-10-14-17-23-20(21,22)18-19-15-12-11-13-16-19;/h11-13,15-16,21-23H,2-10,14,17-18H2,1H3;1H. The van der Waals surface area contributed by atoms with Crippen LogP contribution in [0.25, 0.3) is 0 Å². The van der Waals surface area contributed by atoms with Gasteiger partial charge in [0.25, 0.3) is 0 Å². The summed E-state index contributed by atoms with van der Waals surface area (Å²) in [4.78, 5) is 0. The second kappa shape index (κ2) is 15.1. The summed E-state index contributed by atoms with van der Waals surface area (Å²) in [5.74, 6) is 0. The van der Waals surface area contributed by atoms with Crippen LogP contribution in [0.1, 0.15) is 76.7 Å². The number of aliphatic hydroxyl groups is 2. The van der Waals surface area contributed by atoms with Gasteiger partial charge >= 0.3 is 0 Å². The normalized spacial score (nSPS) is 11.8. The van der Waals surface area contributed by atoms with Gasteiger partial charge < -0.3 is 10.2 Å². The van der Waals surface area contributed by atoms with Gasteiger partial charge in [-0.25, -0.2) is 0 Å². The molecule has 0 fully saturated rings. The predicted octanol–water partition coefficient (Wildman–Crippen LogP) is 5.89. The lowest BCUT2D eigenvalue weighted by Crippen LogP contribution is -2.25. The van der Waals surface area contributed by atoms with Gasteiger partial charge in [-0.2, -0.15) is 0 Å². The summed E-state index contributed by atoms with van der Waals surface area (Å²) in [6.07, 6.45) is 14.5. The first kappa shape index (κ1) is 23.9. The van der Waals surface area contributed by atoms with Crippen molar-refractivity contribution in [2.45, 2.75) is 83.1 Å². The lowest BCUT2D eigenvalue weighted by molar-refractivity contribution is -0.0781. The summed E-state index contributed by atoms with van der Waals surface area (Å²) < 4.78 is 0. The van der Waals surface area contributed by atoms with Gasteiger partial charge in [0.2, 0.25) is 0 Å². The quantitative estimate of drug-likeness (QED) is 0.242. The number of hydrogen-bond acceptors (Lipinski definition) is 2. The molecule has 1 rings (SSSR count). The van der Waals surface area contributed by atoms with Gasteiger partial charge in [-0.15, -0.1) is 12.4 Å². The van der Waals surface area contributed by atoms with Crippen LogP contribution < -0.4 is 0 Å². The predicted molar refractivity (Wildman–Crippen MR) is 110 cm³/mol. The van der Waals surface area contributed by atoms with E-state index >= 15 is 0 Å². The van der Waals surface area contributed by atoms with E-state index in [0.29, 0.717) is 6.42 Å². The molecule has 140 valence electrons. The zero-order valence-corrected chi connectivity index (χ0v) is 17.0. The summed E-state index contributed by atoms with van der Waals surface area (Å²) in [5, 5.41) is 20.2. The monoisotopic (exact) mass is 374 g/mol. The van der Waals surface area contributed by atoms with E-state index in [1.165, 1.54) is 57.8 Å². The van der Waals surface area contributed by atoms with Crippen molar-refractivity contribution in [1.82, 2.24) is 0 Å². The summed E-state index contributed by atoms with van der Waals surface area (Å²) in [6, 6.07) is 9.73. The molecule has 0 bridgehead atoms. The number of unbranched alkanes of at least 4 members (excludes halogenated alkanes) is 9. The van der Waals surface area contributed by atoms with Gasteiger partial charge in [0.05, 0.1) is 0 Å². The van der Waals surface area contributed by atoms with Gasteiger partial charge in [0.15, 0.2) is 5.53 Å². The minimum absolute atomic E-state index is 0. The molecule has 1 atom stereocenters. The highest BCUT2D eigenvalue weighted by Gasteiger charge is 2.22.